The van der Waals surface area contributed by atoms with Gasteiger partial charge in [-0.25, -0.2) is 0 Å². The Hall–Kier alpha value is -1.78. The molecule has 0 bridgehead atoms. The molecule has 1 atom stereocenters. The van der Waals surface area contributed by atoms with Crippen LogP contribution in [0.2, 0.25) is 0 Å². The van der Waals surface area contributed by atoms with Crippen LogP contribution >= 0.6 is 12.4 Å². The van der Waals surface area contributed by atoms with Crippen LogP contribution in [-0.2, 0) is 0 Å². The van der Waals surface area contributed by atoms with E-state index in [2.05, 4.69) is 13.8 Å². The summed E-state index contributed by atoms with van der Waals surface area (Å²) in [5.74, 6) is 1.21. The van der Waals surface area contributed by atoms with E-state index in [4.69, 9.17) is 10.5 Å². The van der Waals surface area contributed by atoms with E-state index in [0.717, 1.165) is 22.9 Å². The lowest BCUT2D eigenvalue weighted by molar-refractivity contribution is 0.0791. The molecule has 0 fully saturated rings. The van der Waals surface area contributed by atoms with Gasteiger partial charge in [-0.05, 0) is 29.9 Å². The van der Waals surface area contributed by atoms with Gasteiger partial charge < -0.3 is 15.4 Å². The van der Waals surface area contributed by atoms with Crippen molar-refractivity contribution in [2.24, 2.45) is 11.7 Å². The fourth-order valence-corrected chi connectivity index (χ4v) is 2.62. The number of hydrogen-bond acceptors (Lipinski definition) is 3. The quantitative estimate of drug-likeness (QED) is 0.863. The summed E-state index contributed by atoms with van der Waals surface area (Å²) in [6.45, 7) is 4.85. The number of carbonyl (C=O) groups excluding carboxylic acids is 1. The average molecular weight is 351 g/mol. The van der Waals surface area contributed by atoms with E-state index in [9.17, 15) is 4.79 Å². The smallest absolute Gasteiger partial charge is 0.254 e. The Morgan fingerprint density at radius 2 is 1.79 bits per heavy atom. The van der Waals surface area contributed by atoms with Crippen LogP contribution in [-0.4, -0.2) is 37.6 Å². The molecule has 0 saturated heterocycles. The number of nitrogens with zero attached hydrogens (tertiary/aromatic N) is 1. The number of benzene rings is 2. The molecular formula is C19H27ClN2O2. The van der Waals surface area contributed by atoms with Crippen molar-refractivity contribution in [3.63, 3.8) is 0 Å². The molecule has 0 heterocycles. The summed E-state index contributed by atoms with van der Waals surface area (Å²) in [6.07, 6.45) is 0.800. The summed E-state index contributed by atoms with van der Waals surface area (Å²) < 4.78 is 5.39. The molecule has 132 valence electrons. The van der Waals surface area contributed by atoms with Gasteiger partial charge in [0.05, 0.1) is 7.11 Å². The normalized spacial score (nSPS) is 11.9. The molecular weight excluding hydrogens is 324 g/mol. The summed E-state index contributed by atoms with van der Waals surface area (Å²) in [6, 6.07) is 11.6. The Morgan fingerprint density at radius 1 is 1.17 bits per heavy atom. The molecule has 1 unspecified atom stereocenters. The number of methoxy groups -OCH3 is 1. The maximum Gasteiger partial charge on any atom is 0.254 e. The number of rotatable bonds is 6. The molecule has 2 aromatic carbocycles. The number of fused-ring (bicyclic) bond motifs is 1. The van der Waals surface area contributed by atoms with Crippen molar-refractivity contribution < 1.29 is 9.53 Å². The van der Waals surface area contributed by atoms with E-state index >= 15 is 0 Å². The third-order valence-electron chi connectivity index (χ3n) is 4.34. The number of carbonyl (C=O) groups is 1. The number of nitrogens with two attached hydrogens (primary N) is 1. The van der Waals surface area contributed by atoms with Crippen LogP contribution in [0, 0.1) is 5.92 Å². The maximum absolute atomic E-state index is 12.8. The molecule has 4 nitrogen and oxygen atoms in total. The molecule has 0 aliphatic heterocycles. The van der Waals surface area contributed by atoms with E-state index < -0.39 is 0 Å². The number of ether oxygens (including phenoxy) is 1. The number of hydrogen-bond donors (Lipinski definition) is 1. The Morgan fingerprint density at radius 3 is 2.38 bits per heavy atom. The first-order valence-corrected chi connectivity index (χ1v) is 8.02. The van der Waals surface area contributed by atoms with Crippen LogP contribution in [0.4, 0.5) is 0 Å². The van der Waals surface area contributed by atoms with Gasteiger partial charge in [0, 0.05) is 30.6 Å². The Balaban J connectivity index is 0.00000288. The molecule has 0 aliphatic carbocycles. The van der Waals surface area contributed by atoms with Gasteiger partial charge in [0.2, 0.25) is 0 Å². The lowest BCUT2D eigenvalue weighted by Crippen LogP contribution is -2.34. The van der Waals surface area contributed by atoms with Crippen molar-refractivity contribution in [3.8, 4) is 5.75 Å². The second-order valence-electron chi connectivity index (χ2n) is 6.28. The van der Waals surface area contributed by atoms with E-state index in [1.54, 1.807) is 12.0 Å². The highest BCUT2D eigenvalue weighted by Gasteiger charge is 2.17. The minimum atomic E-state index is 0. The average Bonchev–Trinajstić information content (AvgIpc) is 2.57. The Bertz CT molecular complexity index is 688. The second kappa shape index (κ2) is 8.90. The van der Waals surface area contributed by atoms with Crippen molar-refractivity contribution in [2.75, 3.05) is 20.7 Å². The molecule has 1 amide bonds. The van der Waals surface area contributed by atoms with Crippen LogP contribution in [0.25, 0.3) is 10.8 Å². The highest BCUT2D eigenvalue weighted by Crippen LogP contribution is 2.28. The highest BCUT2D eigenvalue weighted by molar-refractivity contribution is 6.08. The molecule has 0 aliphatic rings. The molecule has 5 heteroatoms. The van der Waals surface area contributed by atoms with Crippen molar-refractivity contribution >= 4 is 29.1 Å². The van der Waals surface area contributed by atoms with Crippen LogP contribution in [0.15, 0.2) is 36.4 Å². The van der Waals surface area contributed by atoms with Crippen molar-refractivity contribution in [1.29, 1.82) is 0 Å². The van der Waals surface area contributed by atoms with Gasteiger partial charge in [-0.2, -0.15) is 0 Å². The summed E-state index contributed by atoms with van der Waals surface area (Å²) in [5, 5.41) is 1.87. The van der Waals surface area contributed by atoms with Crippen molar-refractivity contribution in [3.05, 3.63) is 42.0 Å². The van der Waals surface area contributed by atoms with Gasteiger partial charge in [0.1, 0.15) is 5.75 Å². The third kappa shape index (κ3) is 4.40. The maximum atomic E-state index is 12.8. The van der Waals surface area contributed by atoms with Crippen LogP contribution in [0.5, 0.6) is 5.75 Å². The van der Waals surface area contributed by atoms with Crippen LogP contribution in [0.3, 0.4) is 0 Å². The SMILES string of the molecule is COc1ccc(C(=O)N(C)CCC(N)C(C)C)c2ccccc12.Cl. The van der Waals surface area contributed by atoms with Gasteiger partial charge in [0.15, 0.2) is 0 Å². The molecule has 24 heavy (non-hydrogen) atoms. The number of amides is 1. The first-order chi connectivity index (χ1) is 11.0. The minimum Gasteiger partial charge on any atom is -0.496 e. The fraction of sp³-hybridized carbons (Fsp3) is 0.421. The Labute approximate surface area is 150 Å². The van der Waals surface area contributed by atoms with Gasteiger partial charge in [-0.15, -0.1) is 12.4 Å². The first kappa shape index (κ1) is 20.3. The summed E-state index contributed by atoms with van der Waals surface area (Å²) in [5.41, 5.74) is 6.77. The van der Waals surface area contributed by atoms with Crippen LogP contribution in [0.1, 0.15) is 30.6 Å². The molecule has 0 spiro atoms. The molecule has 2 aromatic rings. The lowest BCUT2D eigenvalue weighted by Gasteiger charge is -2.22. The topological polar surface area (TPSA) is 55.6 Å². The zero-order valence-electron chi connectivity index (χ0n) is 14.8. The van der Waals surface area contributed by atoms with E-state index in [-0.39, 0.29) is 24.4 Å². The summed E-state index contributed by atoms with van der Waals surface area (Å²) >= 11 is 0. The molecule has 0 aromatic heterocycles. The predicted molar refractivity (Wildman–Crippen MR) is 102 cm³/mol. The monoisotopic (exact) mass is 350 g/mol. The predicted octanol–water partition coefficient (Wildman–Crippen LogP) is 3.72. The van der Waals surface area contributed by atoms with E-state index in [0.29, 0.717) is 18.0 Å². The fourth-order valence-electron chi connectivity index (χ4n) is 2.62. The van der Waals surface area contributed by atoms with Crippen molar-refractivity contribution in [2.45, 2.75) is 26.3 Å². The third-order valence-corrected chi connectivity index (χ3v) is 4.34. The van der Waals surface area contributed by atoms with Crippen LogP contribution < -0.4 is 10.5 Å². The largest absolute Gasteiger partial charge is 0.496 e. The summed E-state index contributed by atoms with van der Waals surface area (Å²) in [7, 11) is 3.47. The lowest BCUT2D eigenvalue weighted by atomic mass is 10.0. The molecule has 0 saturated carbocycles. The van der Waals surface area contributed by atoms with Gasteiger partial charge in [-0.1, -0.05) is 38.1 Å². The number of halogens is 1. The first-order valence-electron chi connectivity index (χ1n) is 8.02. The van der Waals surface area contributed by atoms with E-state index in [1.807, 2.05) is 43.4 Å². The van der Waals surface area contributed by atoms with E-state index in [1.165, 1.54) is 0 Å². The second-order valence-corrected chi connectivity index (χ2v) is 6.28. The van der Waals surface area contributed by atoms with Crippen molar-refractivity contribution in [1.82, 2.24) is 4.90 Å². The molecule has 2 rings (SSSR count). The standard InChI is InChI=1S/C19H26N2O2.ClH/c1-13(2)17(20)11-12-21(3)19(22)16-9-10-18(23-4)15-8-6-5-7-14(15)16;/h5-10,13,17H,11-12,20H2,1-4H3;1H. The van der Waals surface area contributed by atoms with Gasteiger partial charge in [-0.3, -0.25) is 4.79 Å². The van der Waals surface area contributed by atoms with Gasteiger partial charge >= 0.3 is 0 Å². The molecule has 2 N–H and O–H groups in total. The highest BCUT2D eigenvalue weighted by atomic mass is 35.5. The minimum absolute atomic E-state index is 0. The van der Waals surface area contributed by atoms with Gasteiger partial charge in [0.25, 0.3) is 5.91 Å². The zero-order chi connectivity index (χ0) is 17.0. The molecule has 0 radical (unpaired) electrons. The summed E-state index contributed by atoms with van der Waals surface area (Å²) in [4.78, 5) is 14.5. The zero-order valence-corrected chi connectivity index (χ0v) is 15.6. The Kier molecular flexibility index (Phi) is 7.52.